The molecule has 0 saturated heterocycles. The van der Waals surface area contributed by atoms with Crippen molar-refractivity contribution in [3.05, 3.63) is 56.5 Å². The number of carbonyl (C=O) groups excluding carboxylic acids is 1. The van der Waals surface area contributed by atoms with E-state index in [4.69, 9.17) is 0 Å². The normalized spacial score (nSPS) is 12.3. The Labute approximate surface area is 148 Å². The van der Waals surface area contributed by atoms with E-state index in [1.54, 1.807) is 30.3 Å². The number of rotatable bonds is 4. The van der Waals surface area contributed by atoms with Gasteiger partial charge in [-0.25, -0.2) is 5.43 Å². The smallest absolute Gasteiger partial charge is 0.273 e. The SMILES string of the molecule is O=C(N/N=C/c1cc(Br)c(O)c(Br)c1O)[C@@H](O)c1ccccc1. The molecule has 0 unspecified atom stereocenters. The summed E-state index contributed by atoms with van der Waals surface area (Å²) in [4.78, 5) is 11.8. The zero-order valence-electron chi connectivity index (χ0n) is 11.6. The Balaban J connectivity index is 2.09. The first-order valence-electron chi connectivity index (χ1n) is 6.37. The van der Waals surface area contributed by atoms with E-state index >= 15 is 0 Å². The van der Waals surface area contributed by atoms with Gasteiger partial charge in [-0.1, -0.05) is 30.3 Å². The highest BCUT2D eigenvalue weighted by molar-refractivity contribution is 9.11. The maximum absolute atomic E-state index is 11.8. The molecule has 0 fully saturated rings. The lowest BCUT2D eigenvalue weighted by Gasteiger charge is -2.09. The Morgan fingerprint density at radius 2 is 1.83 bits per heavy atom. The predicted octanol–water partition coefficient (Wildman–Crippen LogP) is 2.81. The monoisotopic (exact) mass is 442 g/mol. The summed E-state index contributed by atoms with van der Waals surface area (Å²) in [5.41, 5.74) is 2.89. The minimum atomic E-state index is -1.35. The highest BCUT2D eigenvalue weighted by atomic mass is 79.9. The number of nitrogens with one attached hydrogen (secondary N) is 1. The van der Waals surface area contributed by atoms with Crippen molar-refractivity contribution in [1.29, 1.82) is 0 Å². The standard InChI is InChI=1S/C15H12Br2N2O4/c16-10-6-9(12(20)11(17)14(10)22)7-18-19-15(23)13(21)8-4-2-1-3-5-8/h1-7,13,20-22H,(H,19,23)/b18-7+/t13-/m0/s1. The van der Waals surface area contributed by atoms with Crippen LogP contribution in [0.15, 0.2) is 50.4 Å². The number of nitrogens with zero attached hydrogens (tertiary/aromatic N) is 1. The van der Waals surface area contributed by atoms with Gasteiger partial charge in [0.15, 0.2) is 6.10 Å². The second-order valence-electron chi connectivity index (χ2n) is 4.51. The van der Waals surface area contributed by atoms with Crippen LogP contribution in [-0.4, -0.2) is 27.4 Å². The van der Waals surface area contributed by atoms with Gasteiger partial charge >= 0.3 is 0 Å². The van der Waals surface area contributed by atoms with Crippen LogP contribution in [0.3, 0.4) is 0 Å². The van der Waals surface area contributed by atoms with Crippen LogP contribution in [-0.2, 0) is 4.79 Å². The Bertz CT molecular complexity index is 751. The van der Waals surface area contributed by atoms with E-state index in [2.05, 4.69) is 42.4 Å². The van der Waals surface area contributed by atoms with Crippen LogP contribution >= 0.6 is 31.9 Å². The second-order valence-corrected chi connectivity index (χ2v) is 6.15. The summed E-state index contributed by atoms with van der Waals surface area (Å²) in [7, 11) is 0. The average molecular weight is 444 g/mol. The molecule has 120 valence electrons. The van der Waals surface area contributed by atoms with Gasteiger partial charge in [-0.2, -0.15) is 5.10 Å². The number of aliphatic hydroxyl groups is 1. The number of hydrogen-bond donors (Lipinski definition) is 4. The van der Waals surface area contributed by atoms with E-state index < -0.39 is 12.0 Å². The zero-order valence-corrected chi connectivity index (χ0v) is 14.7. The molecular formula is C15H12Br2N2O4. The number of carbonyl (C=O) groups is 1. The van der Waals surface area contributed by atoms with Gasteiger partial charge in [0.05, 0.1) is 10.7 Å². The molecule has 6 nitrogen and oxygen atoms in total. The summed E-state index contributed by atoms with van der Waals surface area (Å²) < 4.78 is 0.447. The van der Waals surface area contributed by atoms with Gasteiger partial charge in [-0.05, 0) is 43.5 Å². The predicted molar refractivity (Wildman–Crippen MR) is 92.3 cm³/mol. The molecule has 0 spiro atoms. The number of amides is 1. The van der Waals surface area contributed by atoms with Crippen LogP contribution in [0.5, 0.6) is 11.5 Å². The highest BCUT2D eigenvalue weighted by Crippen LogP contribution is 2.40. The first kappa shape index (κ1) is 17.5. The van der Waals surface area contributed by atoms with Gasteiger partial charge in [0.2, 0.25) is 0 Å². The van der Waals surface area contributed by atoms with E-state index in [1.807, 2.05) is 0 Å². The van der Waals surface area contributed by atoms with E-state index in [9.17, 15) is 20.1 Å². The lowest BCUT2D eigenvalue weighted by molar-refractivity contribution is -0.129. The molecule has 2 rings (SSSR count). The molecule has 0 bridgehead atoms. The minimum absolute atomic E-state index is 0.101. The van der Waals surface area contributed by atoms with Gasteiger partial charge in [-0.3, -0.25) is 4.79 Å². The summed E-state index contributed by atoms with van der Waals surface area (Å²) >= 11 is 6.16. The number of halogens is 2. The van der Waals surface area contributed by atoms with Crippen molar-refractivity contribution in [3.63, 3.8) is 0 Å². The van der Waals surface area contributed by atoms with E-state index in [0.717, 1.165) is 0 Å². The minimum Gasteiger partial charge on any atom is -0.506 e. The van der Waals surface area contributed by atoms with Crippen molar-refractivity contribution < 1.29 is 20.1 Å². The fourth-order valence-corrected chi connectivity index (χ4v) is 2.88. The molecule has 0 aliphatic heterocycles. The molecule has 8 heteroatoms. The molecule has 0 heterocycles. The largest absolute Gasteiger partial charge is 0.506 e. The van der Waals surface area contributed by atoms with Gasteiger partial charge in [0.25, 0.3) is 5.91 Å². The molecule has 0 aliphatic rings. The van der Waals surface area contributed by atoms with Crippen LogP contribution in [0, 0.1) is 0 Å². The van der Waals surface area contributed by atoms with E-state index in [1.165, 1.54) is 12.3 Å². The summed E-state index contributed by atoms with van der Waals surface area (Å²) in [6.45, 7) is 0. The van der Waals surface area contributed by atoms with Crippen molar-refractivity contribution in [2.75, 3.05) is 0 Å². The lowest BCUT2D eigenvalue weighted by atomic mass is 10.1. The van der Waals surface area contributed by atoms with Gasteiger partial charge in [0.1, 0.15) is 16.0 Å². The number of aromatic hydroxyl groups is 2. The summed E-state index contributed by atoms with van der Waals surface area (Å²) in [6, 6.07) is 9.85. The number of phenolic OH excluding ortho intramolecular Hbond substituents is 2. The number of phenols is 2. The van der Waals surface area contributed by atoms with Crippen LogP contribution in [0.1, 0.15) is 17.2 Å². The average Bonchev–Trinajstić information content (AvgIpc) is 2.57. The molecule has 0 aromatic heterocycles. The highest BCUT2D eigenvalue weighted by Gasteiger charge is 2.16. The van der Waals surface area contributed by atoms with Crippen molar-refractivity contribution in [2.45, 2.75) is 6.10 Å². The molecule has 4 N–H and O–H groups in total. The molecule has 0 radical (unpaired) electrons. The lowest BCUT2D eigenvalue weighted by Crippen LogP contribution is -2.25. The molecule has 0 aliphatic carbocycles. The van der Waals surface area contributed by atoms with Crippen LogP contribution in [0.25, 0.3) is 0 Å². The van der Waals surface area contributed by atoms with Gasteiger partial charge < -0.3 is 15.3 Å². The van der Waals surface area contributed by atoms with Crippen LogP contribution < -0.4 is 5.43 Å². The van der Waals surface area contributed by atoms with Crippen LogP contribution in [0.2, 0.25) is 0 Å². The van der Waals surface area contributed by atoms with Gasteiger partial charge in [-0.15, -0.1) is 0 Å². The Morgan fingerprint density at radius 3 is 2.48 bits per heavy atom. The molecule has 2 aromatic rings. The molecule has 1 amide bonds. The number of benzene rings is 2. The summed E-state index contributed by atoms with van der Waals surface area (Å²) in [5, 5.41) is 33.1. The number of hydrazone groups is 1. The first-order chi connectivity index (χ1) is 10.9. The molecule has 23 heavy (non-hydrogen) atoms. The zero-order chi connectivity index (χ0) is 17.0. The third kappa shape index (κ3) is 4.10. The maximum atomic E-state index is 11.8. The van der Waals surface area contributed by atoms with Crippen molar-refractivity contribution in [1.82, 2.24) is 5.43 Å². The Hall–Kier alpha value is -1.90. The third-order valence-corrected chi connectivity index (χ3v) is 4.30. The van der Waals surface area contributed by atoms with Crippen molar-refractivity contribution in [3.8, 4) is 11.5 Å². The van der Waals surface area contributed by atoms with Crippen LogP contribution in [0.4, 0.5) is 0 Å². The number of hydrogen-bond acceptors (Lipinski definition) is 5. The van der Waals surface area contributed by atoms with E-state index in [0.29, 0.717) is 10.0 Å². The third-order valence-electron chi connectivity index (χ3n) is 2.94. The summed E-state index contributed by atoms with van der Waals surface area (Å²) in [5.74, 6) is -1.08. The molecule has 1 atom stereocenters. The molecule has 0 saturated carbocycles. The fraction of sp³-hybridized carbons (Fsp3) is 0.0667. The van der Waals surface area contributed by atoms with Gasteiger partial charge in [0, 0.05) is 5.56 Å². The molecule has 2 aromatic carbocycles. The topological polar surface area (TPSA) is 102 Å². The Morgan fingerprint density at radius 1 is 1.17 bits per heavy atom. The number of aliphatic hydroxyl groups excluding tert-OH is 1. The fourth-order valence-electron chi connectivity index (χ4n) is 1.73. The Kier molecular flexibility index (Phi) is 5.75. The van der Waals surface area contributed by atoms with Crippen molar-refractivity contribution in [2.24, 2.45) is 5.10 Å². The second kappa shape index (κ2) is 7.58. The summed E-state index contributed by atoms with van der Waals surface area (Å²) in [6.07, 6.45) is -0.153. The molecular weight excluding hydrogens is 432 g/mol. The quantitative estimate of drug-likeness (QED) is 0.431. The first-order valence-corrected chi connectivity index (χ1v) is 7.96. The van der Waals surface area contributed by atoms with Crippen molar-refractivity contribution >= 4 is 44.0 Å². The maximum Gasteiger partial charge on any atom is 0.273 e. The van der Waals surface area contributed by atoms with E-state index in [-0.39, 0.29) is 21.5 Å².